The summed E-state index contributed by atoms with van der Waals surface area (Å²) in [4.78, 5) is 38.6. The highest BCUT2D eigenvalue weighted by Gasteiger charge is 2.38. The molecule has 0 unspecified atom stereocenters. The van der Waals surface area contributed by atoms with Crippen LogP contribution in [-0.4, -0.2) is 29.0 Å². The highest BCUT2D eigenvalue weighted by molar-refractivity contribution is 6.36. The highest BCUT2D eigenvalue weighted by Crippen LogP contribution is 2.44. The van der Waals surface area contributed by atoms with Gasteiger partial charge in [-0.05, 0) is 45.9 Å². The molecule has 8 nitrogen and oxygen atoms in total. The molecule has 11 heteroatoms. The first-order chi connectivity index (χ1) is 15.8. The zero-order valence-corrected chi connectivity index (χ0v) is 19.3. The van der Waals surface area contributed by atoms with Crippen LogP contribution in [0.1, 0.15) is 56.6 Å². The van der Waals surface area contributed by atoms with Crippen molar-refractivity contribution >= 4 is 47.1 Å². The Hall–Kier alpha value is -3.76. The van der Waals surface area contributed by atoms with E-state index in [1.807, 2.05) is 0 Å². The van der Waals surface area contributed by atoms with E-state index in [4.69, 9.17) is 4.74 Å². The highest BCUT2D eigenvalue weighted by atomic mass is 19.3. The molecule has 4 N–H and O–H groups in total. The summed E-state index contributed by atoms with van der Waals surface area (Å²) in [6.45, 7) is 7.67. The SMILES string of the molecule is CCC(F)(F)c1c(/C=C2\C(=O)Nc3c(NC=O)cc(F)cc32)[nH]c(C)c1NC(=O)OC(C)(C)C. The Morgan fingerprint density at radius 2 is 1.91 bits per heavy atom. The second kappa shape index (κ2) is 8.88. The number of hydrogen-bond donors (Lipinski definition) is 4. The van der Waals surface area contributed by atoms with E-state index in [1.165, 1.54) is 13.8 Å². The molecule has 182 valence electrons. The van der Waals surface area contributed by atoms with Gasteiger partial charge in [0.25, 0.3) is 11.8 Å². The Kier molecular flexibility index (Phi) is 6.50. The van der Waals surface area contributed by atoms with E-state index in [0.29, 0.717) is 6.41 Å². The normalized spacial score (nSPS) is 14.6. The zero-order chi connectivity index (χ0) is 25.4. The second-order valence-electron chi connectivity index (χ2n) is 8.75. The lowest BCUT2D eigenvalue weighted by molar-refractivity contribution is -0.110. The number of carbonyl (C=O) groups is 3. The Bertz CT molecular complexity index is 1200. The minimum atomic E-state index is -3.38. The smallest absolute Gasteiger partial charge is 0.412 e. The van der Waals surface area contributed by atoms with Crippen molar-refractivity contribution in [1.29, 1.82) is 0 Å². The molecule has 0 radical (unpaired) electrons. The van der Waals surface area contributed by atoms with Crippen LogP contribution in [0.4, 0.5) is 35.0 Å². The third-order valence-corrected chi connectivity index (χ3v) is 5.03. The fraction of sp³-hybridized carbons (Fsp3) is 0.348. The summed E-state index contributed by atoms with van der Waals surface area (Å²) >= 11 is 0. The molecule has 3 rings (SSSR count). The molecule has 1 aromatic carbocycles. The molecular weight excluding hydrogens is 453 g/mol. The average molecular weight is 478 g/mol. The summed E-state index contributed by atoms with van der Waals surface area (Å²) in [7, 11) is 0. The van der Waals surface area contributed by atoms with Gasteiger partial charge in [0, 0.05) is 17.7 Å². The van der Waals surface area contributed by atoms with E-state index in [2.05, 4.69) is 20.9 Å². The first kappa shape index (κ1) is 24.9. The fourth-order valence-corrected chi connectivity index (χ4v) is 3.60. The van der Waals surface area contributed by atoms with Gasteiger partial charge in [-0.3, -0.25) is 14.9 Å². The largest absolute Gasteiger partial charge is 0.444 e. The van der Waals surface area contributed by atoms with E-state index in [9.17, 15) is 18.8 Å². The van der Waals surface area contributed by atoms with Crippen molar-refractivity contribution < 1.29 is 32.3 Å². The lowest BCUT2D eigenvalue weighted by atomic mass is 10.00. The van der Waals surface area contributed by atoms with Crippen LogP contribution >= 0.6 is 0 Å². The standard InChI is InChI=1S/C23H25F3N4O4/c1-6-23(25,26)17-15(28-11(2)18(17)30-21(33)34-22(3,4)5)9-14-13-7-12(24)8-16(27-10-31)19(13)29-20(14)32/h7-10,28H,6H2,1-5H3,(H,27,31)(H,29,32)(H,30,33)/b14-9-. The van der Waals surface area contributed by atoms with Crippen molar-refractivity contribution in [2.24, 2.45) is 0 Å². The van der Waals surface area contributed by atoms with Crippen LogP contribution in [0.15, 0.2) is 12.1 Å². The minimum absolute atomic E-state index is 0.0239. The number of amides is 3. The van der Waals surface area contributed by atoms with Gasteiger partial charge in [-0.15, -0.1) is 0 Å². The van der Waals surface area contributed by atoms with E-state index in [1.54, 1.807) is 20.8 Å². The predicted molar refractivity (Wildman–Crippen MR) is 122 cm³/mol. The maximum atomic E-state index is 15.1. The maximum absolute atomic E-state index is 15.1. The lowest BCUT2D eigenvalue weighted by Crippen LogP contribution is -2.28. The Morgan fingerprint density at radius 1 is 1.24 bits per heavy atom. The van der Waals surface area contributed by atoms with Crippen LogP contribution in [0, 0.1) is 12.7 Å². The van der Waals surface area contributed by atoms with E-state index >= 15 is 8.78 Å². The number of ether oxygens (including phenoxy) is 1. The molecule has 34 heavy (non-hydrogen) atoms. The number of H-pyrrole nitrogens is 1. The predicted octanol–water partition coefficient (Wildman–Crippen LogP) is 5.37. The molecule has 1 aromatic heterocycles. The van der Waals surface area contributed by atoms with Gasteiger partial charge in [0.15, 0.2) is 0 Å². The van der Waals surface area contributed by atoms with Gasteiger partial charge in [-0.2, -0.15) is 0 Å². The van der Waals surface area contributed by atoms with E-state index < -0.39 is 41.3 Å². The van der Waals surface area contributed by atoms with Crippen molar-refractivity contribution in [2.45, 2.75) is 52.6 Å². The van der Waals surface area contributed by atoms with Gasteiger partial charge >= 0.3 is 6.09 Å². The molecule has 2 heterocycles. The van der Waals surface area contributed by atoms with Gasteiger partial charge in [0.2, 0.25) is 6.41 Å². The Balaban J connectivity index is 2.16. The quantitative estimate of drug-likeness (QED) is 0.330. The molecule has 0 aliphatic carbocycles. The van der Waals surface area contributed by atoms with Crippen molar-refractivity contribution in [3.05, 3.63) is 40.5 Å². The van der Waals surface area contributed by atoms with Crippen molar-refractivity contribution in [3.63, 3.8) is 0 Å². The molecule has 0 bridgehead atoms. The summed E-state index contributed by atoms with van der Waals surface area (Å²) in [5.41, 5.74) is -1.32. The number of carbonyl (C=O) groups excluding carboxylic acids is 3. The molecule has 1 aliphatic heterocycles. The monoisotopic (exact) mass is 478 g/mol. The van der Waals surface area contributed by atoms with Crippen LogP contribution in [0.3, 0.4) is 0 Å². The first-order valence-electron chi connectivity index (χ1n) is 10.5. The average Bonchev–Trinajstić information content (AvgIpc) is 3.18. The number of halogens is 3. The van der Waals surface area contributed by atoms with Crippen LogP contribution in [-0.2, 0) is 20.2 Å². The van der Waals surface area contributed by atoms with Crippen LogP contribution in [0.5, 0.6) is 0 Å². The molecule has 0 spiro atoms. The molecule has 0 saturated heterocycles. The summed E-state index contributed by atoms with van der Waals surface area (Å²) in [6.07, 6.45) is -0.0186. The number of fused-ring (bicyclic) bond motifs is 1. The van der Waals surface area contributed by atoms with E-state index in [0.717, 1.165) is 18.2 Å². The van der Waals surface area contributed by atoms with Gasteiger partial charge in [-0.25, -0.2) is 18.0 Å². The number of aromatic amines is 1. The molecular formula is C23H25F3N4O4. The number of anilines is 3. The van der Waals surface area contributed by atoms with Gasteiger partial charge < -0.3 is 20.4 Å². The maximum Gasteiger partial charge on any atom is 0.412 e. The number of benzene rings is 1. The number of hydrogen-bond acceptors (Lipinski definition) is 4. The number of rotatable bonds is 6. The Labute approximate surface area is 193 Å². The number of alkyl halides is 2. The number of aryl methyl sites for hydroxylation is 1. The Morgan fingerprint density at radius 3 is 2.50 bits per heavy atom. The van der Waals surface area contributed by atoms with E-state index in [-0.39, 0.29) is 39.6 Å². The summed E-state index contributed by atoms with van der Waals surface area (Å²) < 4.78 is 49.4. The van der Waals surface area contributed by atoms with Crippen LogP contribution in [0.25, 0.3) is 11.6 Å². The van der Waals surface area contributed by atoms with Crippen LogP contribution < -0.4 is 16.0 Å². The third kappa shape index (κ3) is 4.92. The molecule has 3 amide bonds. The third-order valence-electron chi connectivity index (χ3n) is 5.03. The molecule has 1 aliphatic rings. The van der Waals surface area contributed by atoms with Crippen molar-refractivity contribution in [1.82, 2.24) is 4.98 Å². The first-order valence-corrected chi connectivity index (χ1v) is 10.5. The zero-order valence-electron chi connectivity index (χ0n) is 19.3. The molecule has 2 aromatic rings. The molecule has 0 saturated carbocycles. The summed E-state index contributed by atoms with van der Waals surface area (Å²) in [5.74, 6) is -4.79. The summed E-state index contributed by atoms with van der Waals surface area (Å²) in [5, 5.41) is 7.19. The number of aromatic nitrogens is 1. The topological polar surface area (TPSA) is 112 Å². The molecule has 0 atom stereocenters. The van der Waals surface area contributed by atoms with Gasteiger partial charge in [-0.1, -0.05) is 6.92 Å². The lowest BCUT2D eigenvalue weighted by Gasteiger charge is -2.21. The second-order valence-corrected chi connectivity index (χ2v) is 8.75. The molecule has 0 fully saturated rings. The summed E-state index contributed by atoms with van der Waals surface area (Å²) in [6, 6.07) is 2.08. The van der Waals surface area contributed by atoms with Gasteiger partial charge in [0.1, 0.15) is 11.4 Å². The number of nitrogens with one attached hydrogen (secondary N) is 4. The van der Waals surface area contributed by atoms with Gasteiger partial charge in [0.05, 0.1) is 33.9 Å². The fourth-order valence-electron chi connectivity index (χ4n) is 3.60. The van der Waals surface area contributed by atoms with Crippen molar-refractivity contribution in [3.8, 4) is 0 Å². The van der Waals surface area contributed by atoms with Crippen molar-refractivity contribution in [2.75, 3.05) is 16.0 Å². The minimum Gasteiger partial charge on any atom is -0.444 e. The van der Waals surface area contributed by atoms with Crippen LogP contribution in [0.2, 0.25) is 0 Å².